The highest BCUT2D eigenvalue weighted by Crippen LogP contribution is 2.32. The van der Waals surface area contributed by atoms with Crippen molar-refractivity contribution in [1.29, 1.82) is 5.26 Å². The lowest BCUT2D eigenvalue weighted by molar-refractivity contribution is -0.127. The average Bonchev–Trinajstić information content (AvgIpc) is 3.08. The fourth-order valence-electron chi connectivity index (χ4n) is 2.82. The van der Waals surface area contributed by atoms with Crippen LogP contribution < -0.4 is 0 Å². The summed E-state index contributed by atoms with van der Waals surface area (Å²) < 4.78 is 5.73. The lowest BCUT2D eigenvalue weighted by Gasteiger charge is -2.26. The molecule has 1 aromatic carbocycles. The van der Waals surface area contributed by atoms with Gasteiger partial charge in [0.1, 0.15) is 23.2 Å². The van der Waals surface area contributed by atoms with Gasteiger partial charge < -0.3 is 9.32 Å². The van der Waals surface area contributed by atoms with Gasteiger partial charge in [-0.15, -0.1) is 0 Å². The van der Waals surface area contributed by atoms with Crippen LogP contribution in [0.3, 0.4) is 0 Å². The van der Waals surface area contributed by atoms with Crippen LogP contribution >= 0.6 is 23.2 Å². The quantitative estimate of drug-likeness (QED) is 0.549. The molecule has 0 unspecified atom stereocenters. The normalized spacial score (nSPS) is 15.1. The second-order valence-corrected chi connectivity index (χ2v) is 6.69. The van der Waals surface area contributed by atoms with Gasteiger partial charge in [0.25, 0.3) is 5.91 Å². The first-order valence-corrected chi connectivity index (χ1v) is 8.80. The minimum atomic E-state index is -0.246. The Labute approximate surface area is 156 Å². The SMILES string of the molecule is N#C/C(=C\c1ccc(-c2ccc(Cl)cc2Cl)o1)C(=O)N1CCCCC1. The number of hydrogen-bond donors (Lipinski definition) is 0. The number of likely N-dealkylation sites (tertiary alicyclic amines) is 1. The summed E-state index contributed by atoms with van der Waals surface area (Å²) in [5.41, 5.74) is 0.775. The molecule has 0 bridgehead atoms. The number of amides is 1. The van der Waals surface area contributed by atoms with Crippen LogP contribution in [0.15, 0.2) is 40.3 Å². The van der Waals surface area contributed by atoms with E-state index in [9.17, 15) is 10.1 Å². The number of benzene rings is 1. The molecule has 1 aromatic heterocycles. The van der Waals surface area contributed by atoms with Gasteiger partial charge >= 0.3 is 0 Å². The van der Waals surface area contributed by atoms with Crippen LogP contribution in [0.2, 0.25) is 10.0 Å². The largest absolute Gasteiger partial charge is 0.457 e. The first-order valence-electron chi connectivity index (χ1n) is 8.05. The van der Waals surface area contributed by atoms with Gasteiger partial charge in [0.2, 0.25) is 0 Å². The van der Waals surface area contributed by atoms with E-state index >= 15 is 0 Å². The molecule has 1 aliphatic rings. The van der Waals surface area contributed by atoms with Gasteiger partial charge in [-0.05, 0) is 49.6 Å². The van der Waals surface area contributed by atoms with Crippen molar-refractivity contribution in [2.75, 3.05) is 13.1 Å². The van der Waals surface area contributed by atoms with E-state index in [0.29, 0.717) is 40.2 Å². The van der Waals surface area contributed by atoms with Crippen molar-refractivity contribution in [2.45, 2.75) is 19.3 Å². The number of hydrogen-bond acceptors (Lipinski definition) is 3. The molecule has 0 aliphatic carbocycles. The van der Waals surface area contributed by atoms with E-state index in [1.807, 2.05) is 6.07 Å². The molecule has 0 spiro atoms. The zero-order chi connectivity index (χ0) is 17.8. The highest BCUT2D eigenvalue weighted by molar-refractivity contribution is 6.36. The van der Waals surface area contributed by atoms with Crippen LogP contribution in [0.4, 0.5) is 0 Å². The number of furan rings is 1. The van der Waals surface area contributed by atoms with Crippen LogP contribution in [0, 0.1) is 11.3 Å². The molecule has 0 N–H and O–H groups in total. The van der Waals surface area contributed by atoms with Crippen molar-refractivity contribution in [3.05, 3.63) is 51.7 Å². The Bertz CT molecular complexity index is 859. The molecule has 2 aromatic rings. The van der Waals surface area contributed by atoms with Gasteiger partial charge in [-0.1, -0.05) is 23.2 Å². The minimum absolute atomic E-state index is 0.0741. The fraction of sp³-hybridized carbons (Fsp3) is 0.263. The molecule has 1 fully saturated rings. The Balaban J connectivity index is 1.84. The molecular weight excluding hydrogens is 359 g/mol. The molecule has 0 radical (unpaired) electrons. The van der Waals surface area contributed by atoms with Gasteiger partial charge in [-0.3, -0.25) is 4.79 Å². The van der Waals surface area contributed by atoms with Gasteiger partial charge in [0.05, 0.1) is 5.02 Å². The number of rotatable bonds is 3. The van der Waals surface area contributed by atoms with E-state index < -0.39 is 0 Å². The van der Waals surface area contributed by atoms with Gasteiger partial charge in [-0.25, -0.2) is 0 Å². The predicted molar refractivity (Wildman–Crippen MR) is 98.2 cm³/mol. The third-order valence-corrected chi connectivity index (χ3v) is 4.65. The maximum absolute atomic E-state index is 12.5. The maximum atomic E-state index is 12.5. The Hall–Kier alpha value is -2.22. The molecular formula is C19H16Cl2N2O2. The number of piperidine rings is 1. The third kappa shape index (κ3) is 4.07. The molecule has 25 heavy (non-hydrogen) atoms. The first-order chi connectivity index (χ1) is 12.1. The molecule has 0 saturated carbocycles. The van der Waals surface area contributed by atoms with Crippen molar-refractivity contribution in [3.8, 4) is 17.4 Å². The highest BCUT2D eigenvalue weighted by atomic mass is 35.5. The van der Waals surface area contributed by atoms with E-state index in [0.717, 1.165) is 19.3 Å². The van der Waals surface area contributed by atoms with E-state index in [1.165, 1.54) is 6.08 Å². The topological polar surface area (TPSA) is 57.2 Å². The summed E-state index contributed by atoms with van der Waals surface area (Å²) in [6, 6.07) is 10.6. The van der Waals surface area contributed by atoms with Crippen LogP contribution in [0.25, 0.3) is 17.4 Å². The summed E-state index contributed by atoms with van der Waals surface area (Å²) in [7, 11) is 0. The van der Waals surface area contributed by atoms with Crippen molar-refractivity contribution in [2.24, 2.45) is 0 Å². The molecule has 1 saturated heterocycles. The molecule has 4 nitrogen and oxygen atoms in total. The molecule has 1 aliphatic heterocycles. The lowest BCUT2D eigenvalue weighted by atomic mass is 10.1. The Morgan fingerprint density at radius 1 is 1.16 bits per heavy atom. The smallest absolute Gasteiger partial charge is 0.264 e. The van der Waals surface area contributed by atoms with E-state index in [2.05, 4.69) is 0 Å². The summed E-state index contributed by atoms with van der Waals surface area (Å²) in [5, 5.41) is 10.4. The maximum Gasteiger partial charge on any atom is 0.264 e. The Morgan fingerprint density at radius 3 is 2.60 bits per heavy atom. The number of carbonyl (C=O) groups is 1. The summed E-state index contributed by atoms with van der Waals surface area (Å²) >= 11 is 12.1. The molecule has 128 valence electrons. The van der Waals surface area contributed by atoms with Crippen LogP contribution in [0.1, 0.15) is 25.0 Å². The molecule has 6 heteroatoms. The average molecular weight is 375 g/mol. The lowest BCUT2D eigenvalue weighted by Crippen LogP contribution is -2.36. The summed E-state index contributed by atoms with van der Waals surface area (Å²) in [4.78, 5) is 14.2. The highest BCUT2D eigenvalue weighted by Gasteiger charge is 2.20. The molecule has 2 heterocycles. The summed E-state index contributed by atoms with van der Waals surface area (Å²) in [6.45, 7) is 1.39. The predicted octanol–water partition coefficient (Wildman–Crippen LogP) is 5.17. The zero-order valence-electron chi connectivity index (χ0n) is 13.5. The van der Waals surface area contributed by atoms with Crippen LogP contribution in [-0.2, 0) is 4.79 Å². The molecule has 1 amide bonds. The van der Waals surface area contributed by atoms with Crippen molar-refractivity contribution < 1.29 is 9.21 Å². The minimum Gasteiger partial charge on any atom is -0.457 e. The first kappa shape index (κ1) is 17.6. The Kier molecular flexibility index (Phi) is 5.47. The van der Waals surface area contributed by atoms with Crippen molar-refractivity contribution in [1.82, 2.24) is 4.90 Å². The summed E-state index contributed by atoms with van der Waals surface area (Å²) in [6.07, 6.45) is 4.55. The number of carbonyl (C=O) groups excluding carboxylic acids is 1. The monoisotopic (exact) mass is 374 g/mol. The zero-order valence-corrected chi connectivity index (χ0v) is 15.0. The number of nitrogens with zero attached hydrogens (tertiary/aromatic N) is 2. The van der Waals surface area contributed by atoms with E-state index in [1.54, 1.807) is 35.2 Å². The van der Waals surface area contributed by atoms with Crippen molar-refractivity contribution >= 4 is 35.2 Å². The van der Waals surface area contributed by atoms with E-state index in [-0.39, 0.29) is 11.5 Å². The second kappa shape index (κ2) is 7.77. The summed E-state index contributed by atoms with van der Waals surface area (Å²) in [5.74, 6) is 0.739. The second-order valence-electron chi connectivity index (χ2n) is 5.85. The Morgan fingerprint density at radius 2 is 1.92 bits per heavy atom. The third-order valence-electron chi connectivity index (χ3n) is 4.10. The number of halogens is 2. The standard InChI is InChI=1S/C19H16Cl2N2O2/c20-14-4-6-16(17(21)11-14)18-7-5-15(25-18)10-13(12-22)19(24)23-8-2-1-3-9-23/h4-7,10-11H,1-3,8-9H2/b13-10+. The number of nitriles is 1. The van der Waals surface area contributed by atoms with Crippen LogP contribution in [0.5, 0.6) is 0 Å². The van der Waals surface area contributed by atoms with Crippen LogP contribution in [-0.4, -0.2) is 23.9 Å². The fourth-order valence-corrected chi connectivity index (χ4v) is 3.32. The van der Waals surface area contributed by atoms with E-state index in [4.69, 9.17) is 27.6 Å². The van der Waals surface area contributed by atoms with Gasteiger partial charge in [0, 0.05) is 29.8 Å². The van der Waals surface area contributed by atoms with Crippen molar-refractivity contribution in [3.63, 3.8) is 0 Å². The van der Waals surface area contributed by atoms with Gasteiger partial charge in [0.15, 0.2) is 0 Å². The molecule has 3 rings (SSSR count). The van der Waals surface area contributed by atoms with Gasteiger partial charge in [-0.2, -0.15) is 5.26 Å². The molecule has 0 atom stereocenters.